The fraction of sp³-hybridized carbons (Fsp3) is 0.500. The molecule has 1 nitrogen and oxygen atoms in total. The third-order valence-electron chi connectivity index (χ3n) is 2.74. The largest absolute Gasteiger partial charge is 0.298 e. The number of nitrogens with zero attached hydrogens (tertiary/aromatic N) is 1. The van der Waals surface area contributed by atoms with Crippen LogP contribution in [0.4, 0.5) is 0 Å². The molecule has 76 valence electrons. The second-order valence-electron chi connectivity index (χ2n) is 4.11. The number of rotatable bonds is 2. The lowest BCUT2D eigenvalue weighted by Gasteiger charge is -2.14. The summed E-state index contributed by atoms with van der Waals surface area (Å²) in [7, 11) is 0. The first-order valence-electron chi connectivity index (χ1n) is 5.16. The number of hydrogen-bond acceptors (Lipinski definition) is 1. The molecule has 14 heavy (non-hydrogen) atoms. The molecule has 1 saturated heterocycles. The van der Waals surface area contributed by atoms with E-state index >= 15 is 0 Å². The van der Waals surface area contributed by atoms with Crippen molar-refractivity contribution < 1.29 is 0 Å². The van der Waals surface area contributed by atoms with Crippen LogP contribution in [0.25, 0.3) is 0 Å². The molecule has 0 amide bonds. The van der Waals surface area contributed by atoms with Gasteiger partial charge in [-0.15, -0.1) is 11.6 Å². The van der Waals surface area contributed by atoms with Crippen LogP contribution < -0.4 is 0 Å². The molecule has 1 heterocycles. The number of aryl methyl sites for hydroxylation is 1. The summed E-state index contributed by atoms with van der Waals surface area (Å²) in [5, 5.41) is 0.362. The van der Waals surface area contributed by atoms with E-state index in [1.165, 1.54) is 11.1 Å². The van der Waals surface area contributed by atoms with E-state index in [-0.39, 0.29) is 0 Å². The minimum absolute atomic E-state index is 0.362. The molecule has 1 aliphatic rings. The monoisotopic (exact) mass is 209 g/mol. The highest BCUT2D eigenvalue weighted by molar-refractivity contribution is 6.20. The van der Waals surface area contributed by atoms with Crippen molar-refractivity contribution in [2.45, 2.75) is 25.3 Å². The summed E-state index contributed by atoms with van der Waals surface area (Å²) in [6.45, 7) is 5.34. The van der Waals surface area contributed by atoms with Crippen LogP contribution in [0.3, 0.4) is 0 Å². The third-order valence-corrected chi connectivity index (χ3v) is 3.10. The van der Waals surface area contributed by atoms with Gasteiger partial charge >= 0.3 is 0 Å². The number of benzene rings is 1. The van der Waals surface area contributed by atoms with Crippen LogP contribution in [-0.2, 0) is 6.54 Å². The molecule has 0 spiro atoms. The molecule has 1 fully saturated rings. The van der Waals surface area contributed by atoms with Crippen LogP contribution in [0, 0.1) is 6.92 Å². The fourth-order valence-electron chi connectivity index (χ4n) is 1.88. The summed E-state index contributed by atoms with van der Waals surface area (Å²) in [6, 6.07) is 8.75. The molecule has 1 aromatic carbocycles. The van der Waals surface area contributed by atoms with Crippen LogP contribution in [0.5, 0.6) is 0 Å². The Kier molecular flexibility index (Phi) is 3.09. The van der Waals surface area contributed by atoms with Gasteiger partial charge in [-0.1, -0.05) is 29.8 Å². The minimum atomic E-state index is 0.362. The molecule has 1 aromatic rings. The zero-order valence-corrected chi connectivity index (χ0v) is 9.30. The molecule has 0 saturated carbocycles. The van der Waals surface area contributed by atoms with E-state index in [0.717, 1.165) is 26.1 Å². The smallest absolute Gasteiger partial charge is 0.0475 e. The molecule has 0 N–H and O–H groups in total. The normalized spacial score (nSPS) is 22.9. The lowest BCUT2D eigenvalue weighted by atomic mass is 10.1. The maximum Gasteiger partial charge on any atom is 0.0475 e. The molecule has 0 aromatic heterocycles. The Morgan fingerprint density at radius 1 is 1.36 bits per heavy atom. The Labute approximate surface area is 90.7 Å². The van der Waals surface area contributed by atoms with Crippen molar-refractivity contribution >= 4 is 11.6 Å². The average molecular weight is 210 g/mol. The first kappa shape index (κ1) is 10.0. The summed E-state index contributed by atoms with van der Waals surface area (Å²) in [4.78, 5) is 2.42. The maximum absolute atomic E-state index is 6.06. The molecular formula is C12H16ClN. The maximum atomic E-state index is 6.06. The van der Waals surface area contributed by atoms with E-state index in [2.05, 4.69) is 36.1 Å². The van der Waals surface area contributed by atoms with E-state index in [0.29, 0.717) is 5.38 Å². The van der Waals surface area contributed by atoms with Crippen LogP contribution in [-0.4, -0.2) is 23.4 Å². The predicted octanol–water partition coefficient (Wildman–Crippen LogP) is 2.81. The Hall–Kier alpha value is -0.530. The summed E-state index contributed by atoms with van der Waals surface area (Å²) >= 11 is 6.06. The van der Waals surface area contributed by atoms with Crippen molar-refractivity contribution in [1.82, 2.24) is 4.90 Å². The van der Waals surface area contributed by atoms with Gasteiger partial charge < -0.3 is 0 Å². The second-order valence-corrected chi connectivity index (χ2v) is 4.72. The highest BCUT2D eigenvalue weighted by Crippen LogP contribution is 2.17. The second kappa shape index (κ2) is 4.33. The van der Waals surface area contributed by atoms with Gasteiger partial charge in [-0.2, -0.15) is 0 Å². The highest BCUT2D eigenvalue weighted by Gasteiger charge is 2.19. The Morgan fingerprint density at radius 2 is 2.07 bits per heavy atom. The predicted molar refractivity (Wildman–Crippen MR) is 60.7 cm³/mol. The number of hydrogen-bond donors (Lipinski definition) is 0. The van der Waals surface area contributed by atoms with Crippen molar-refractivity contribution in [2.75, 3.05) is 13.1 Å². The van der Waals surface area contributed by atoms with Gasteiger partial charge in [0.1, 0.15) is 0 Å². The zero-order valence-electron chi connectivity index (χ0n) is 8.54. The summed E-state index contributed by atoms with van der Waals surface area (Å²) in [5.74, 6) is 0. The van der Waals surface area contributed by atoms with Gasteiger partial charge in [-0.25, -0.2) is 0 Å². The minimum Gasteiger partial charge on any atom is -0.298 e. The van der Waals surface area contributed by atoms with Crippen molar-refractivity contribution in [3.05, 3.63) is 35.4 Å². The molecule has 0 radical (unpaired) electrons. The van der Waals surface area contributed by atoms with E-state index in [9.17, 15) is 0 Å². The number of halogens is 1. The van der Waals surface area contributed by atoms with Crippen molar-refractivity contribution in [2.24, 2.45) is 0 Å². The van der Waals surface area contributed by atoms with E-state index in [1.54, 1.807) is 0 Å². The van der Waals surface area contributed by atoms with Crippen molar-refractivity contribution in [1.29, 1.82) is 0 Å². The molecule has 0 aliphatic carbocycles. The molecule has 2 heteroatoms. The van der Waals surface area contributed by atoms with Crippen LogP contribution >= 0.6 is 11.6 Å². The topological polar surface area (TPSA) is 3.24 Å². The Balaban J connectivity index is 1.94. The molecule has 0 bridgehead atoms. The van der Waals surface area contributed by atoms with Crippen molar-refractivity contribution in [3.63, 3.8) is 0 Å². The lowest BCUT2D eigenvalue weighted by Crippen LogP contribution is -2.20. The van der Waals surface area contributed by atoms with Gasteiger partial charge in [0, 0.05) is 18.5 Å². The first-order chi connectivity index (χ1) is 6.74. The van der Waals surface area contributed by atoms with Gasteiger partial charge in [-0.05, 0) is 25.5 Å². The van der Waals surface area contributed by atoms with Gasteiger partial charge in [0.25, 0.3) is 0 Å². The van der Waals surface area contributed by atoms with E-state index < -0.39 is 0 Å². The van der Waals surface area contributed by atoms with Gasteiger partial charge in [-0.3, -0.25) is 4.90 Å². The molecule has 1 aliphatic heterocycles. The van der Waals surface area contributed by atoms with E-state index in [1.807, 2.05) is 0 Å². The Morgan fingerprint density at radius 3 is 2.64 bits per heavy atom. The molecule has 1 unspecified atom stereocenters. The first-order valence-corrected chi connectivity index (χ1v) is 5.59. The van der Waals surface area contributed by atoms with E-state index in [4.69, 9.17) is 11.6 Å². The van der Waals surface area contributed by atoms with Gasteiger partial charge in [0.2, 0.25) is 0 Å². The standard InChI is InChI=1S/C12H16ClN/c1-10-2-4-11(5-3-10)8-14-7-6-12(13)9-14/h2-5,12H,6-9H2,1H3. The van der Waals surface area contributed by atoms with Crippen LogP contribution in [0.1, 0.15) is 17.5 Å². The summed E-state index contributed by atoms with van der Waals surface area (Å²) < 4.78 is 0. The van der Waals surface area contributed by atoms with Gasteiger partial charge in [0.15, 0.2) is 0 Å². The SMILES string of the molecule is Cc1ccc(CN2CCC(Cl)C2)cc1. The zero-order chi connectivity index (χ0) is 9.97. The molecular weight excluding hydrogens is 194 g/mol. The summed E-state index contributed by atoms with van der Waals surface area (Å²) in [5.41, 5.74) is 2.71. The van der Waals surface area contributed by atoms with Crippen LogP contribution in [0.2, 0.25) is 0 Å². The van der Waals surface area contributed by atoms with Gasteiger partial charge in [0.05, 0.1) is 0 Å². The fourth-order valence-corrected chi connectivity index (χ4v) is 2.17. The average Bonchev–Trinajstić information content (AvgIpc) is 2.56. The quantitative estimate of drug-likeness (QED) is 0.678. The molecule has 1 atom stereocenters. The molecule has 2 rings (SSSR count). The van der Waals surface area contributed by atoms with Crippen LogP contribution in [0.15, 0.2) is 24.3 Å². The lowest BCUT2D eigenvalue weighted by molar-refractivity contribution is 0.332. The third kappa shape index (κ3) is 2.49. The Bertz CT molecular complexity index is 294. The van der Waals surface area contributed by atoms with Crippen molar-refractivity contribution in [3.8, 4) is 0 Å². The number of likely N-dealkylation sites (tertiary alicyclic amines) is 1. The number of alkyl halides is 1. The summed E-state index contributed by atoms with van der Waals surface area (Å²) in [6.07, 6.45) is 1.13. The highest BCUT2D eigenvalue weighted by atomic mass is 35.5.